The molecule has 0 aliphatic carbocycles. The molecule has 0 bridgehead atoms. The van der Waals surface area contributed by atoms with Gasteiger partial charge in [-0.3, -0.25) is 14.2 Å². The van der Waals surface area contributed by atoms with Crippen molar-refractivity contribution in [3.8, 4) is 11.5 Å². The number of allylic oxidation sites excluding steroid dienone is 2. The highest BCUT2D eigenvalue weighted by atomic mass is 32.1. The summed E-state index contributed by atoms with van der Waals surface area (Å²) in [6, 6.07) is 12.8. The Labute approximate surface area is 201 Å². The van der Waals surface area contributed by atoms with Gasteiger partial charge in [0.2, 0.25) is 0 Å². The molecule has 34 heavy (non-hydrogen) atoms. The number of aromatic nitrogens is 1. The third-order valence-corrected chi connectivity index (χ3v) is 6.84. The molecule has 2 aromatic carbocycles. The normalized spacial score (nSPS) is 15.6. The number of ketones is 1. The lowest BCUT2D eigenvalue weighted by Gasteiger charge is -2.25. The molecule has 1 atom stereocenters. The first-order valence-corrected chi connectivity index (χ1v) is 11.6. The van der Waals surface area contributed by atoms with Gasteiger partial charge in [0.1, 0.15) is 11.5 Å². The molecule has 3 aromatic rings. The Hall–Kier alpha value is -3.65. The van der Waals surface area contributed by atoms with E-state index in [1.807, 2.05) is 62.3 Å². The number of carbonyl (C=O) groups is 1. The number of hydrogen-bond acceptors (Lipinski definition) is 7. The van der Waals surface area contributed by atoms with Crippen LogP contribution in [0.3, 0.4) is 0 Å². The highest BCUT2D eigenvalue weighted by Gasteiger charge is 2.30. The van der Waals surface area contributed by atoms with Gasteiger partial charge in [0.15, 0.2) is 10.6 Å². The smallest absolute Gasteiger partial charge is 0.271 e. The summed E-state index contributed by atoms with van der Waals surface area (Å²) in [7, 11) is 7.10. The number of methoxy groups -OCH3 is 2. The summed E-state index contributed by atoms with van der Waals surface area (Å²) >= 11 is 1.30. The third-order valence-electron chi connectivity index (χ3n) is 5.85. The number of anilines is 1. The zero-order valence-electron chi connectivity index (χ0n) is 20.1. The molecule has 7 nitrogen and oxygen atoms in total. The largest absolute Gasteiger partial charge is 0.497 e. The van der Waals surface area contributed by atoms with Gasteiger partial charge < -0.3 is 14.4 Å². The molecule has 4 rings (SSSR count). The van der Waals surface area contributed by atoms with E-state index in [2.05, 4.69) is 4.99 Å². The van der Waals surface area contributed by atoms with Crippen LogP contribution in [0.1, 0.15) is 31.0 Å². The molecule has 0 saturated carbocycles. The molecule has 176 valence electrons. The molecule has 0 radical (unpaired) electrons. The molecule has 0 spiro atoms. The van der Waals surface area contributed by atoms with E-state index in [1.165, 1.54) is 18.3 Å². The highest BCUT2D eigenvalue weighted by Crippen LogP contribution is 2.31. The van der Waals surface area contributed by atoms with Crippen molar-refractivity contribution < 1.29 is 14.3 Å². The summed E-state index contributed by atoms with van der Waals surface area (Å²) in [4.78, 5) is 33.5. The number of carbonyl (C=O) groups excluding carboxylic acids is 1. The van der Waals surface area contributed by atoms with Gasteiger partial charge in [0.25, 0.3) is 5.56 Å². The van der Waals surface area contributed by atoms with Crippen molar-refractivity contribution in [1.82, 2.24) is 4.57 Å². The topological polar surface area (TPSA) is 73.1 Å². The number of rotatable bonds is 6. The monoisotopic (exact) mass is 477 g/mol. The maximum absolute atomic E-state index is 13.6. The first-order valence-electron chi connectivity index (χ1n) is 10.8. The molecule has 1 aliphatic rings. The summed E-state index contributed by atoms with van der Waals surface area (Å²) in [5.41, 5.74) is 3.60. The molecular weight excluding hydrogens is 450 g/mol. The maximum Gasteiger partial charge on any atom is 0.271 e. The predicted octanol–water partition coefficient (Wildman–Crippen LogP) is 2.91. The van der Waals surface area contributed by atoms with Crippen LogP contribution in [-0.2, 0) is 4.79 Å². The van der Waals surface area contributed by atoms with Gasteiger partial charge >= 0.3 is 0 Å². The lowest BCUT2D eigenvalue weighted by molar-refractivity contribution is -0.114. The van der Waals surface area contributed by atoms with Crippen molar-refractivity contribution in [2.75, 3.05) is 33.2 Å². The Kier molecular flexibility index (Phi) is 6.43. The second-order valence-corrected chi connectivity index (χ2v) is 9.24. The Bertz CT molecular complexity index is 1460. The molecular formula is C26H27N3O4S. The summed E-state index contributed by atoms with van der Waals surface area (Å²) in [5.74, 6) is 1.16. The van der Waals surface area contributed by atoms with E-state index in [0.717, 1.165) is 16.8 Å². The number of fused-ring (bicyclic) bond motifs is 1. The van der Waals surface area contributed by atoms with Crippen LogP contribution in [0.15, 0.2) is 63.5 Å². The van der Waals surface area contributed by atoms with Crippen molar-refractivity contribution >= 4 is 28.9 Å². The maximum atomic E-state index is 13.6. The van der Waals surface area contributed by atoms with Crippen LogP contribution in [0.4, 0.5) is 5.69 Å². The Morgan fingerprint density at radius 1 is 1.12 bits per heavy atom. The van der Waals surface area contributed by atoms with Gasteiger partial charge in [0.05, 0.1) is 24.8 Å². The Balaban J connectivity index is 1.93. The molecule has 0 N–H and O–H groups in total. The van der Waals surface area contributed by atoms with Crippen LogP contribution in [0, 0.1) is 0 Å². The van der Waals surface area contributed by atoms with E-state index in [0.29, 0.717) is 32.1 Å². The lowest BCUT2D eigenvalue weighted by Crippen LogP contribution is -2.39. The zero-order chi connectivity index (χ0) is 24.6. The number of thiazole rings is 1. The second kappa shape index (κ2) is 9.30. The van der Waals surface area contributed by atoms with Crippen LogP contribution in [0.2, 0.25) is 0 Å². The van der Waals surface area contributed by atoms with Gasteiger partial charge in [-0.25, -0.2) is 4.99 Å². The Morgan fingerprint density at radius 3 is 2.41 bits per heavy atom. The summed E-state index contributed by atoms with van der Waals surface area (Å²) in [6.45, 7) is 3.34. The van der Waals surface area contributed by atoms with Gasteiger partial charge in [0, 0.05) is 42.7 Å². The molecule has 0 unspecified atom stereocenters. The van der Waals surface area contributed by atoms with Crippen molar-refractivity contribution in [1.29, 1.82) is 0 Å². The lowest BCUT2D eigenvalue weighted by atomic mass is 9.93. The zero-order valence-corrected chi connectivity index (χ0v) is 20.9. The van der Waals surface area contributed by atoms with Gasteiger partial charge in [-0.2, -0.15) is 0 Å². The fourth-order valence-corrected chi connectivity index (χ4v) is 5.16. The first kappa shape index (κ1) is 23.5. The van der Waals surface area contributed by atoms with E-state index in [1.54, 1.807) is 30.9 Å². The number of hydrogen-bond donors (Lipinski definition) is 0. The standard InChI is InChI=1S/C26H27N3O4S/c1-15-23(16(2)30)24(17-7-10-19(11-8-17)28(3)4)29-25(31)22(34-26(29)27-15)13-18-9-12-20(32-5)14-21(18)33-6/h7-14,24H,1-6H3/b22-13+/t24-/m0/s1. The predicted molar refractivity (Wildman–Crippen MR) is 135 cm³/mol. The second-order valence-electron chi connectivity index (χ2n) is 8.23. The van der Waals surface area contributed by atoms with E-state index in [-0.39, 0.29) is 11.3 Å². The van der Waals surface area contributed by atoms with Gasteiger partial charge in [-0.05, 0) is 49.8 Å². The molecule has 0 saturated heterocycles. The van der Waals surface area contributed by atoms with Crippen LogP contribution in [0.5, 0.6) is 11.5 Å². The minimum atomic E-state index is -0.537. The van der Waals surface area contributed by atoms with Gasteiger partial charge in [-0.15, -0.1) is 0 Å². The Morgan fingerprint density at radius 2 is 1.82 bits per heavy atom. The van der Waals surface area contributed by atoms with Crippen LogP contribution in [0.25, 0.3) is 6.08 Å². The SMILES string of the molecule is COc1ccc(/C=c2/sc3n(c2=O)[C@@H](c2ccc(N(C)C)cc2)C(C(C)=O)=C(C)N=3)c(OC)c1. The van der Waals surface area contributed by atoms with E-state index in [4.69, 9.17) is 9.47 Å². The van der Waals surface area contributed by atoms with Crippen molar-refractivity contribution in [3.05, 3.63) is 84.5 Å². The van der Waals surface area contributed by atoms with Crippen LogP contribution < -0.4 is 29.3 Å². The summed E-state index contributed by atoms with van der Waals surface area (Å²) in [6.07, 6.45) is 1.79. The average Bonchev–Trinajstić information content (AvgIpc) is 3.12. The number of benzene rings is 2. The third kappa shape index (κ3) is 4.17. The minimum absolute atomic E-state index is 0.103. The quantitative estimate of drug-likeness (QED) is 0.546. The van der Waals surface area contributed by atoms with Crippen molar-refractivity contribution in [2.24, 2.45) is 4.99 Å². The molecule has 0 fully saturated rings. The molecule has 1 aliphatic heterocycles. The minimum Gasteiger partial charge on any atom is -0.497 e. The van der Waals surface area contributed by atoms with E-state index < -0.39 is 6.04 Å². The molecule has 2 heterocycles. The van der Waals surface area contributed by atoms with Crippen LogP contribution >= 0.6 is 11.3 Å². The van der Waals surface area contributed by atoms with Gasteiger partial charge in [-0.1, -0.05) is 23.5 Å². The number of nitrogens with zero attached hydrogens (tertiary/aromatic N) is 3. The van der Waals surface area contributed by atoms with Crippen molar-refractivity contribution in [2.45, 2.75) is 19.9 Å². The first-order chi connectivity index (χ1) is 16.2. The summed E-state index contributed by atoms with van der Waals surface area (Å²) in [5, 5.41) is 0. The number of Topliss-reactive ketones (excluding diaryl/α,β-unsaturated/α-hetero) is 1. The number of ether oxygens (including phenoxy) is 2. The molecule has 0 amide bonds. The molecule has 8 heteroatoms. The van der Waals surface area contributed by atoms with E-state index in [9.17, 15) is 9.59 Å². The van der Waals surface area contributed by atoms with Crippen LogP contribution in [-0.4, -0.2) is 38.7 Å². The molecule has 1 aromatic heterocycles. The average molecular weight is 478 g/mol. The fraction of sp³-hybridized carbons (Fsp3) is 0.269. The summed E-state index contributed by atoms with van der Waals surface area (Å²) < 4.78 is 12.9. The fourth-order valence-electron chi connectivity index (χ4n) is 4.12. The highest BCUT2D eigenvalue weighted by molar-refractivity contribution is 7.07. The van der Waals surface area contributed by atoms with Crippen molar-refractivity contribution in [3.63, 3.8) is 0 Å². The van der Waals surface area contributed by atoms with E-state index >= 15 is 0 Å².